The highest BCUT2D eigenvalue weighted by Crippen LogP contribution is 2.19. The number of ether oxygens (including phenoxy) is 1. The predicted molar refractivity (Wildman–Crippen MR) is 43.2 cm³/mol. The van der Waals surface area contributed by atoms with Crippen LogP contribution in [-0.2, 0) is 0 Å². The number of rotatable bonds is 1. The molecule has 0 bridgehead atoms. The molecular formula is C6H5ClN4O. The van der Waals surface area contributed by atoms with Gasteiger partial charge in [-0.2, -0.15) is 4.98 Å². The van der Waals surface area contributed by atoms with E-state index >= 15 is 0 Å². The standard InChI is InChI=1S/C6H5ClN4O/c1-12-5-3-2-8-6(7)9-4(3)10-11-5/h2H,1H3,(H,8,9,10,11). The Labute approximate surface area is 72.7 Å². The number of nitrogens with one attached hydrogen (secondary N) is 1. The SMILES string of the molecule is COc1n[nH]c2nc(Cl)ncc12. The van der Waals surface area contributed by atoms with E-state index in [1.54, 1.807) is 6.20 Å². The van der Waals surface area contributed by atoms with Crippen molar-refractivity contribution >= 4 is 22.6 Å². The molecule has 0 aliphatic heterocycles. The minimum atomic E-state index is 0.189. The number of hydrogen-bond acceptors (Lipinski definition) is 4. The third-order valence-corrected chi connectivity index (χ3v) is 1.63. The molecule has 62 valence electrons. The second-order valence-corrected chi connectivity index (χ2v) is 2.47. The van der Waals surface area contributed by atoms with Gasteiger partial charge in [-0.15, -0.1) is 5.10 Å². The largest absolute Gasteiger partial charge is 0.479 e. The van der Waals surface area contributed by atoms with Crippen molar-refractivity contribution in [1.29, 1.82) is 0 Å². The number of hydrogen-bond donors (Lipinski definition) is 1. The van der Waals surface area contributed by atoms with Crippen LogP contribution in [0.3, 0.4) is 0 Å². The summed E-state index contributed by atoms with van der Waals surface area (Å²) in [5.41, 5.74) is 0.576. The summed E-state index contributed by atoms with van der Waals surface area (Å²) < 4.78 is 4.94. The molecular weight excluding hydrogens is 180 g/mol. The van der Waals surface area contributed by atoms with E-state index in [2.05, 4.69) is 20.2 Å². The molecule has 1 N–H and O–H groups in total. The summed E-state index contributed by atoms with van der Waals surface area (Å²) in [6.45, 7) is 0. The van der Waals surface area contributed by atoms with E-state index in [1.165, 1.54) is 7.11 Å². The number of fused-ring (bicyclic) bond motifs is 1. The molecule has 12 heavy (non-hydrogen) atoms. The number of aromatic nitrogens is 4. The van der Waals surface area contributed by atoms with Crippen LogP contribution in [0, 0.1) is 0 Å². The summed E-state index contributed by atoms with van der Waals surface area (Å²) >= 11 is 5.56. The van der Waals surface area contributed by atoms with Crippen molar-refractivity contribution in [2.45, 2.75) is 0 Å². The van der Waals surface area contributed by atoms with Gasteiger partial charge in [0.05, 0.1) is 7.11 Å². The Morgan fingerprint density at radius 1 is 1.58 bits per heavy atom. The molecule has 2 aromatic rings. The lowest BCUT2D eigenvalue weighted by atomic mass is 10.4. The third-order valence-electron chi connectivity index (χ3n) is 1.45. The molecule has 0 amide bonds. The fourth-order valence-corrected chi connectivity index (χ4v) is 1.05. The molecule has 2 rings (SSSR count). The van der Waals surface area contributed by atoms with Crippen molar-refractivity contribution in [3.63, 3.8) is 0 Å². The summed E-state index contributed by atoms with van der Waals surface area (Å²) in [6, 6.07) is 0. The molecule has 0 aliphatic carbocycles. The first-order valence-electron chi connectivity index (χ1n) is 3.22. The van der Waals surface area contributed by atoms with Crippen LogP contribution < -0.4 is 4.74 Å². The number of methoxy groups -OCH3 is 1. The van der Waals surface area contributed by atoms with Gasteiger partial charge in [-0.25, -0.2) is 4.98 Å². The predicted octanol–water partition coefficient (Wildman–Crippen LogP) is 1.01. The Hall–Kier alpha value is -1.36. The minimum Gasteiger partial charge on any atom is -0.479 e. The van der Waals surface area contributed by atoms with Crippen LogP contribution in [0.5, 0.6) is 5.88 Å². The van der Waals surface area contributed by atoms with Crippen molar-refractivity contribution in [2.24, 2.45) is 0 Å². The molecule has 2 heterocycles. The van der Waals surface area contributed by atoms with Crippen molar-refractivity contribution < 1.29 is 4.74 Å². The molecule has 0 unspecified atom stereocenters. The second-order valence-electron chi connectivity index (χ2n) is 2.13. The number of aromatic amines is 1. The molecule has 0 atom stereocenters. The normalized spacial score (nSPS) is 10.5. The van der Waals surface area contributed by atoms with Crippen LogP contribution in [0.15, 0.2) is 6.20 Å². The summed E-state index contributed by atoms with van der Waals surface area (Å²) in [5.74, 6) is 0.474. The smallest absolute Gasteiger partial charge is 0.243 e. The highest BCUT2D eigenvalue weighted by Gasteiger charge is 2.06. The molecule has 6 heteroatoms. The molecule has 5 nitrogen and oxygen atoms in total. The van der Waals surface area contributed by atoms with Gasteiger partial charge in [-0.3, -0.25) is 5.10 Å². The Balaban J connectivity index is 2.73. The minimum absolute atomic E-state index is 0.189. The van der Waals surface area contributed by atoms with Gasteiger partial charge >= 0.3 is 0 Å². The van der Waals surface area contributed by atoms with E-state index in [9.17, 15) is 0 Å². The fraction of sp³-hybridized carbons (Fsp3) is 0.167. The monoisotopic (exact) mass is 184 g/mol. The molecule has 0 fully saturated rings. The maximum atomic E-state index is 5.56. The number of H-pyrrole nitrogens is 1. The van der Waals surface area contributed by atoms with Gasteiger partial charge in [0.1, 0.15) is 5.39 Å². The first kappa shape index (κ1) is 7.30. The Morgan fingerprint density at radius 2 is 2.42 bits per heavy atom. The topological polar surface area (TPSA) is 63.7 Å². The number of nitrogens with zero attached hydrogens (tertiary/aromatic N) is 3. The van der Waals surface area contributed by atoms with Crippen LogP contribution in [-0.4, -0.2) is 27.3 Å². The van der Waals surface area contributed by atoms with E-state index in [0.717, 1.165) is 5.39 Å². The molecule has 0 radical (unpaired) electrons. The second kappa shape index (κ2) is 2.60. The Morgan fingerprint density at radius 3 is 3.17 bits per heavy atom. The molecule has 0 saturated heterocycles. The molecule has 0 spiro atoms. The van der Waals surface area contributed by atoms with Gasteiger partial charge in [-0.05, 0) is 11.6 Å². The highest BCUT2D eigenvalue weighted by molar-refractivity contribution is 6.28. The fourth-order valence-electron chi connectivity index (χ4n) is 0.922. The average molecular weight is 185 g/mol. The average Bonchev–Trinajstić information content (AvgIpc) is 2.46. The van der Waals surface area contributed by atoms with Crippen LogP contribution in [0.4, 0.5) is 0 Å². The van der Waals surface area contributed by atoms with Gasteiger partial charge in [0, 0.05) is 6.20 Å². The lowest BCUT2D eigenvalue weighted by Crippen LogP contribution is -1.84. The lowest BCUT2D eigenvalue weighted by molar-refractivity contribution is 0.401. The first-order valence-corrected chi connectivity index (χ1v) is 3.59. The highest BCUT2D eigenvalue weighted by atomic mass is 35.5. The van der Waals surface area contributed by atoms with Gasteiger partial charge < -0.3 is 4.74 Å². The first-order chi connectivity index (χ1) is 5.81. The maximum absolute atomic E-state index is 5.56. The molecule has 0 aromatic carbocycles. The van der Waals surface area contributed by atoms with E-state index in [1.807, 2.05) is 0 Å². The number of halogens is 1. The zero-order chi connectivity index (χ0) is 8.55. The van der Waals surface area contributed by atoms with E-state index in [0.29, 0.717) is 11.5 Å². The van der Waals surface area contributed by atoms with Crippen molar-refractivity contribution in [3.8, 4) is 5.88 Å². The van der Waals surface area contributed by atoms with Crippen molar-refractivity contribution in [1.82, 2.24) is 20.2 Å². The van der Waals surface area contributed by atoms with Crippen LogP contribution in [0.2, 0.25) is 5.28 Å². The molecule has 0 saturated carbocycles. The van der Waals surface area contributed by atoms with Crippen LogP contribution >= 0.6 is 11.6 Å². The van der Waals surface area contributed by atoms with Crippen molar-refractivity contribution in [2.75, 3.05) is 7.11 Å². The maximum Gasteiger partial charge on any atom is 0.243 e. The van der Waals surface area contributed by atoms with Gasteiger partial charge in [0.15, 0.2) is 5.65 Å². The van der Waals surface area contributed by atoms with E-state index < -0.39 is 0 Å². The summed E-state index contributed by atoms with van der Waals surface area (Å²) in [7, 11) is 1.53. The Kier molecular flexibility index (Phi) is 1.58. The van der Waals surface area contributed by atoms with Crippen LogP contribution in [0.1, 0.15) is 0 Å². The zero-order valence-corrected chi connectivity index (χ0v) is 6.96. The zero-order valence-electron chi connectivity index (χ0n) is 6.21. The molecule has 2 aromatic heterocycles. The van der Waals surface area contributed by atoms with Gasteiger partial charge in [0.2, 0.25) is 11.2 Å². The summed E-state index contributed by atoms with van der Waals surface area (Å²) in [4.78, 5) is 7.70. The van der Waals surface area contributed by atoms with E-state index in [4.69, 9.17) is 16.3 Å². The quantitative estimate of drug-likeness (QED) is 0.672. The van der Waals surface area contributed by atoms with Gasteiger partial charge in [0.25, 0.3) is 0 Å². The van der Waals surface area contributed by atoms with E-state index in [-0.39, 0.29) is 5.28 Å². The third kappa shape index (κ3) is 0.984. The molecule has 0 aliphatic rings. The lowest BCUT2D eigenvalue weighted by Gasteiger charge is -1.91. The summed E-state index contributed by atoms with van der Waals surface area (Å²) in [5, 5.41) is 7.43. The Bertz CT molecular complexity index is 413. The van der Waals surface area contributed by atoms with Crippen LogP contribution in [0.25, 0.3) is 11.0 Å². The summed E-state index contributed by atoms with van der Waals surface area (Å²) in [6.07, 6.45) is 1.56. The van der Waals surface area contributed by atoms with Crippen molar-refractivity contribution in [3.05, 3.63) is 11.5 Å². The van der Waals surface area contributed by atoms with Gasteiger partial charge in [-0.1, -0.05) is 0 Å².